The number of nitrogens with zero attached hydrogens (tertiary/aromatic N) is 2. The zero-order valence-electron chi connectivity index (χ0n) is 10.9. The van der Waals surface area contributed by atoms with E-state index in [0.29, 0.717) is 19.4 Å². The number of hydrogen-bond acceptors (Lipinski definition) is 3. The second-order valence-corrected chi connectivity index (χ2v) is 4.44. The molecular formula is C12H21N3O2. The summed E-state index contributed by atoms with van der Waals surface area (Å²) in [4.78, 5) is 11.7. The summed E-state index contributed by atoms with van der Waals surface area (Å²) < 4.78 is 1.79. The first-order valence-corrected chi connectivity index (χ1v) is 5.85. The molecule has 1 atom stereocenters. The minimum atomic E-state index is -0.378. The van der Waals surface area contributed by atoms with E-state index in [0.717, 1.165) is 17.0 Å². The van der Waals surface area contributed by atoms with Crippen molar-refractivity contribution >= 4 is 5.91 Å². The van der Waals surface area contributed by atoms with Crippen molar-refractivity contribution in [2.75, 3.05) is 6.54 Å². The lowest BCUT2D eigenvalue weighted by atomic mass is 10.1. The highest BCUT2D eigenvalue weighted by molar-refractivity contribution is 5.79. The predicted molar refractivity (Wildman–Crippen MR) is 65.7 cm³/mol. The monoisotopic (exact) mass is 239 g/mol. The Hall–Kier alpha value is -1.36. The van der Waals surface area contributed by atoms with Crippen LogP contribution in [0.5, 0.6) is 0 Å². The van der Waals surface area contributed by atoms with Crippen LogP contribution in [0.25, 0.3) is 0 Å². The van der Waals surface area contributed by atoms with Gasteiger partial charge < -0.3 is 10.4 Å². The largest absolute Gasteiger partial charge is 0.393 e. The lowest BCUT2D eigenvalue weighted by Gasteiger charge is -2.07. The van der Waals surface area contributed by atoms with Crippen LogP contribution in [0.3, 0.4) is 0 Å². The van der Waals surface area contributed by atoms with Gasteiger partial charge in [-0.2, -0.15) is 5.10 Å². The van der Waals surface area contributed by atoms with E-state index in [1.807, 2.05) is 20.9 Å². The number of hydrogen-bond donors (Lipinski definition) is 2. The van der Waals surface area contributed by atoms with Crippen molar-refractivity contribution < 1.29 is 9.90 Å². The number of carbonyl (C=O) groups is 1. The normalized spacial score (nSPS) is 12.5. The summed E-state index contributed by atoms with van der Waals surface area (Å²) in [5.74, 6) is -0.0233. The Balaban J connectivity index is 2.51. The Morgan fingerprint density at radius 3 is 2.65 bits per heavy atom. The Kier molecular flexibility index (Phi) is 4.69. The zero-order valence-corrected chi connectivity index (χ0v) is 10.9. The molecule has 2 N–H and O–H groups in total. The average Bonchev–Trinajstić information content (AvgIpc) is 2.44. The molecule has 0 saturated heterocycles. The maximum Gasteiger partial charge on any atom is 0.224 e. The van der Waals surface area contributed by atoms with Crippen molar-refractivity contribution in [1.29, 1.82) is 0 Å². The smallest absolute Gasteiger partial charge is 0.224 e. The molecule has 0 radical (unpaired) electrons. The number of aryl methyl sites for hydroxylation is 2. The molecule has 96 valence electrons. The molecule has 1 unspecified atom stereocenters. The van der Waals surface area contributed by atoms with Crippen LogP contribution in [0, 0.1) is 13.8 Å². The Bertz CT molecular complexity index is 397. The maximum absolute atomic E-state index is 11.7. The first-order chi connectivity index (χ1) is 7.91. The van der Waals surface area contributed by atoms with Gasteiger partial charge in [-0.1, -0.05) is 0 Å². The van der Waals surface area contributed by atoms with Crippen molar-refractivity contribution in [3.8, 4) is 0 Å². The molecule has 0 saturated carbocycles. The minimum Gasteiger partial charge on any atom is -0.393 e. The van der Waals surface area contributed by atoms with Gasteiger partial charge in [-0.25, -0.2) is 0 Å². The second-order valence-electron chi connectivity index (χ2n) is 4.44. The molecule has 5 heteroatoms. The van der Waals surface area contributed by atoms with Crippen molar-refractivity contribution in [2.45, 2.75) is 39.7 Å². The summed E-state index contributed by atoms with van der Waals surface area (Å²) in [6.07, 6.45) is 0.555. The summed E-state index contributed by atoms with van der Waals surface area (Å²) in [5, 5.41) is 16.1. The lowest BCUT2D eigenvalue weighted by Crippen LogP contribution is -2.28. The van der Waals surface area contributed by atoms with E-state index in [-0.39, 0.29) is 12.0 Å². The highest BCUT2D eigenvalue weighted by atomic mass is 16.3. The number of aliphatic hydroxyl groups is 1. The van der Waals surface area contributed by atoms with E-state index >= 15 is 0 Å². The number of carbonyl (C=O) groups excluding carboxylic acids is 1. The molecule has 0 aliphatic rings. The topological polar surface area (TPSA) is 67.2 Å². The van der Waals surface area contributed by atoms with Crippen molar-refractivity contribution in [3.05, 3.63) is 17.0 Å². The number of nitrogens with one attached hydrogen (secondary N) is 1. The van der Waals surface area contributed by atoms with Crippen LogP contribution in [0.15, 0.2) is 0 Å². The summed E-state index contributed by atoms with van der Waals surface area (Å²) in [6.45, 7) is 6.08. The molecule has 0 aromatic carbocycles. The molecule has 0 bridgehead atoms. The third-order valence-corrected chi connectivity index (χ3v) is 2.88. The van der Waals surface area contributed by atoms with Crippen molar-refractivity contribution in [2.24, 2.45) is 7.05 Å². The van der Waals surface area contributed by atoms with Gasteiger partial charge in [0.1, 0.15) is 0 Å². The highest BCUT2D eigenvalue weighted by Crippen LogP contribution is 2.12. The summed E-state index contributed by atoms with van der Waals surface area (Å²) in [7, 11) is 1.87. The van der Waals surface area contributed by atoms with E-state index in [4.69, 9.17) is 5.11 Å². The molecule has 1 aromatic rings. The van der Waals surface area contributed by atoms with Crippen LogP contribution in [-0.4, -0.2) is 33.4 Å². The number of aromatic nitrogens is 2. The van der Waals surface area contributed by atoms with Crippen LogP contribution < -0.4 is 5.32 Å². The van der Waals surface area contributed by atoms with Gasteiger partial charge in [-0.3, -0.25) is 9.48 Å². The van der Waals surface area contributed by atoms with E-state index in [2.05, 4.69) is 10.4 Å². The van der Waals surface area contributed by atoms with Gasteiger partial charge in [-0.15, -0.1) is 0 Å². The molecule has 17 heavy (non-hydrogen) atoms. The van der Waals surface area contributed by atoms with Crippen molar-refractivity contribution in [1.82, 2.24) is 15.1 Å². The quantitative estimate of drug-likeness (QED) is 0.784. The molecule has 0 aliphatic heterocycles. The van der Waals surface area contributed by atoms with E-state index < -0.39 is 0 Å². The van der Waals surface area contributed by atoms with Gasteiger partial charge >= 0.3 is 0 Å². The number of amides is 1. The average molecular weight is 239 g/mol. The molecule has 1 rings (SSSR count). The van der Waals surface area contributed by atoms with Crippen molar-refractivity contribution in [3.63, 3.8) is 0 Å². The SMILES string of the molecule is Cc1nn(C)c(C)c1CC(=O)NCCC(C)O. The van der Waals surface area contributed by atoms with Crippen LogP contribution in [-0.2, 0) is 18.3 Å². The van der Waals surface area contributed by atoms with Crippen LogP contribution in [0.1, 0.15) is 30.3 Å². The van der Waals surface area contributed by atoms with Crippen LogP contribution in [0.2, 0.25) is 0 Å². The molecule has 1 amide bonds. The fraction of sp³-hybridized carbons (Fsp3) is 0.667. The fourth-order valence-corrected chi connectivity index (χ4v) is 1.72. The molecule has 0 aliphatic carbocycles. The van der Waals surface area contributed by atoms with E-state index in [1.54, 1.807) is 11.6 Å². The van der Waals surface area contributed by atoms with Crippen LogP contribution >= 0.6 is 0 Å². The third kappa shape index (κ3) is 3.85. The molecular weight excluding hydrogens is 218 g/mol. The number of aliphatic hydroxyl groups excluding tert-OH is 1. The summed E-state index contributed by atoms with van der Waals surface area (Å²) in [6, 6.07) is 0. The summed E-state index contributed by atoms with van der Waals surface area (Å²) >= 11 is 0. The van der Waals surface area contributed by atoms with Gasteiger partial charge in [0.15, 0.2) is 0 Å². The fourth-order valence-electron chi connectivity index (χ4n) is 1.72. The molecule has 0 fully saturated rings. The third-order valence-electron chi connectivity index (χ3n) is 2.88. The Labute approximate surface area is 102 Å². The van der Waals surface area contributed by atoms with E-state index in [1.165, 1.54) is 0 Å². The van der Waals surface area contributed by atoms with Gasteiger partial charge in [-0.05, 0) is 27.2 Å². The van der Waals surface area contributed by atoms with Crippen LogP contribution in [0.4, 0.5) is 0 Å². The lowest BCUT2D eigenvalue weighted by molar-refractivity contribution is -0.120. The Morgan fingerprint density at radius 1 is 1.53 bits per heavy atom. The minimum absolute atomic E-state index is 0.0233. The second kappa shape index (κ2) is 5.82. The molecule has 1 heterocycles. The predicted octanol–water partition coefficient (Wildman–Crippen LogP) is 0.467. The Morgan fingerprint density at radius 2 is 2.18 bits per heavy atom. The molecule has 1 aromatic heterocycles. The van der Waals surface area contributed by atoms with Gasteiger partial charge in [0, 0.05) is 24.8 Å². The van der Waals surface area contributed by atoms with Gasteiger partial charge in [0.25, 0.3) is 0 Å². The highest BCUT2D eigenvalue weighted by Gasteiger charge is 2.13. The van der Waals surface area contributed by atoms with E-state index in [9.17, 15) is 4.79 Å². The first-order valence-electron chi connectivity index (χ1n) is 5.85. The van der Waals surface area contributed by atoms with Gasteiger partial charge in [0.05, 0.1) is 18.2 Å². The molecule has 5 nitrogen and oxygen atoms in total. The number of rotatable bonds is 5. The standard InChI is InChI=1S/C12H21N3O2/c1-8(16)5-6-13-12(17)7-11-9(2)14-15(4)10(11)3/h8,16H,5-7H2,1-4H3,(H,13,17). The first kappa shape index (κ1) is 13.7. The maximum atomic E-state index is 11.7. The zero-order chi connectivity index (χ0) is 13.0. The molecule has 0 spiro atoms. The van der Waals surface area contributed by atoms with Gasteiger partial charge in [0.2, 0.25) is 5.91 Å². The summed E-state index contributed by atoms with van der Waals surface area (Å²) in [5.41, 5.74) is 2.91.